The molecule has 5 aromatic carbocycles. The number of H-pyrrole nitrogens is 1. The summed E-state index contributed by atoms with van der Waals surface area (Å²) in [4.78, 5) is 150. The van der Waals surface area contributed by atoms with Crippen LogP contribution < -0.4 is 37.2 Å². The molecule has 0 aliphatic rings. The quantitative estimate of drug-likeness (QED) is 0.0204. The number of carbonyl (C=O) groups is 11. The van der Waals surface area contributed by atoms with Crippen LogP contribution in [-0.2, 0) is 104 Å². The van der Waals surface area contributed by atoms with Crippen LogP contribution in [0.15, 0.2) is 152 Å². The van der Waals surface area contributed by atoms with E-state index < -0.39 is 128 Å². The Morgan fingerprint density at radius 2 is 0.798 bits per heavy atom. The average Bonchev–Trinajstić information content (AvgIpc) is 3.43. The molecule has 6 rings (SSSR count). The van der Waals surface area contributed by atoms with Gasteiger partial charge in [0, 0.05) is 42.8 Å². The van der Waals surface area contributed by atoms with Crippen LogP contribution in [0, 0.1) is 0 Å². The zero-order valence-corrected chi connectivity index (χ0v) is 49.7. The monoisotopic (exact) mass is 1220 g/mol. The Morgan fingerprint density at radius 3 is 1.25 bits per heavy atom. The van der Waals surface area contributed by atoms with E-state index in [9.17, 15) is 52.7 Å². The summed E-state index contributed by atoms with van der Waals surface area (Å²) in [6.07, 6.45) is -1.32. The lowest BCUT2D eigenvalue weighted by Gasteiger charge is -2.23. The number of rotatable bonds is 33. The molecule has 4 atom stereocenters. The Balaban J connectivity index is 1.10. The highest BCUT2D eigenvalue weighted by Gasteiger charge is 2.30. The van der Waals surface area contributed by atoms with Crippen molar-refractivity contribution in [3.05, 3.63) is 180 Å². The standard InChI is InChI=1S/C65H74N8O16/c1-65(2,3)89-64(84)73-53(34-47-35-66-49-27-17-16-26-48(47)49)61(81)69-37-56(76)70-50(60(80)68-38-57(77)72-52(63(83)88-42-46-24-14-7-15-25-46)30-33-59(79)86-40-44-20-10-5-11-21-44)28-31-54(74)67-36-55(75)71-51(62(82)87-41-45-22-12-6-13-23-45)29-32-58(78)85-39-43-18-8-4-9-19-43/h4-27,35,50-53,66H,28-34,36-42H2,1-3H3,(H,67,74)(H,68,80)(H,69,81)(H,70,76)(H,71,75)(H,72,77)(H,73,84)/t50-,51-,52-,53-/m0/s1. The number of ether oxygens (including phenoxy) is 5. The van der Waals surface area contributed by atoms with E-state index in [-0.39, 0.29) is 58.5 Å². The molecule has 1 aromatic heterocycles. The molecule has 470 valence electrons. The SMILES string of the molecule is CC(C)(C)OC(=O)N[C@@H](Cc1c[nH]c2ccccc12)C(=O)NCC(=O)N[C@@H](CCC(=O)NCC(=O)N[C@@H](CCC(=O)OCc1ccccc1)C(=O)OCc1ccccc1)C(=O)NCC(=O)N[C@@H](CCC(=O)OCc1ccccc1)C(=O)OCc1ccccc1. The molecule has 24 nitrogen and oxygen atoms in total. The number of esters is 4. The Hall–Kier alpha value is -10.4. The van der Waals surface area contributed by atoms with Crippen LogP contribution in [0.4, 0.5) is 4.79 Å². The first-order valence-corrected chi connectivity index (χ1v) is 28.8. The fourth-order valence-corrected chi connectivity index (χ4v) is 8.61. The predicted octanol–water partition coefficient (Wildman–Crippen LogP) is 4.72. The van der Waals surface area contributed by atoms with Crippen LogP contribution in [0.2, 0.25) is 0 Å². The minimum Gasteiger partial charge on any atom is -0.461 e. The molecular weight excluding hydrogens is 1150 g/mol. The molecule has 1 heterocycles. The van der Waals surface area contributed by atoms with Crippen LogP contribution in [0.25, 0.3) is 10.9 Å². The highest BCUT2D eigenvalue weighted by atomic mass is 16.6. The van der Waals surface area contributed by atoms with E-state index in [1.54, 1.807) is 148 Å². The largest absolute Gasteiger partial charge is 0.461 e. The van der Waals surface area contributed by atoms with Gasteiger partial charge in [0.15, 0.2) is 0 Å². The highest BCUT2D eigenvalue weighted by molar-refractivity contribution is 5.95. The van der Waals surface area contributed by atoms with Crippen molar-refractivity contribution in [3.63, 3.8) is 0 Å². The summed E-state index contributed by atoms with van der Waals surface area (Å²) < 4.78 is 27.1. The van der Waals surface area contributed by atoms with Crippen LogP contribution in [-0.4, -0.2) is 120 Å². The van der Waals surface area contributed by atoms with E-state index in [4.69, 9.17) is 23.7 Å². The molecule has 7 amide bonds. The summed E-state index contributed by atoms with van der Waals surface area (Å²) in [7, 11) is 0. The lowest BCUT2D eigenvalue weighted by molar-refractivity contribution is -0.151. The third-order valence-corrected chi connectivity index (χ3v) is 13.2. The molecule has 6 aromatic rings. The van der Waals surface area contributed by atoms with Crippen molar-refractivity contribution in [3.8, 4) is 0 Å². The minimum atomic E-state index is -1.59. The molecule has 89 heavy (non-hydrogen) atoms. The van der Waals surface area contributed by atoms with Crippen LogP contribution in [0.3, 0.4) is 0 Å². The first-order valence-electron chi connectivity index (χ1n) is 28.8. The summed E-state index contributed by atoms with van der Waals surface area (Å²) in [5.41, 5.74) is 3.26. The molecule has 0 spiro atoms. The van der Waals surface area contributed by atoms with Gasteiger partial charge in [-0.15, -0.1) is 0 Å². The van der Waals surface area contributed by atoms with Crippen molar-refractivity contribution in [2.75, 3.05) is 19.6 Å². The lowest BCUT2D eigenvalue weighted by atomic mass is 10.0. The van der Waals surface area contributed by atoms with Gasteiger partial charge in [-0.2, -0.15) is 0 Å². The number of aromatic amines is 1. The number of benzene rings is 5. The zero-order valence-electron chi connectivity index (χ0n) is 49.7. The van der Waals surface area contributed by atoms with Crippen molar-refractivity contribution in [1.29, 1.82) is 0 Å². The van der Waals surface area contributed by atoms with E-state index >= 15 is 0 Å². The fraction of sp³-hybridized carbons (Fsp3) is 0.338. The van der Waals surface area contributed by atoms with Crippen molar-refractivity contribution in [2.24, 2.45) is 0 Å². The smallest absolute Gasteiger partial charge is 0.408 e. The molecular formula is C65H74N8O16. The van der Waals surface area contributed by atoms with E-state index in [0.717, 1.165) is 22.0 Å². The normalized spacial score (nSPS) is 12.3. The fourth-order valence-electron chi connectivity index (χ4n) is 8.61. The van der Waals surface area contributed by atoms with Crippen LogP contribution >= 0.6 is 0 Å². The van der Waals surface area contributed by atoms with Gasteiger partial charge in [-0.3, -0.25) is 38.4 Å². The van der Waals surface area contributed by atoms with Gasteiger partial charge in [-0.25, -0.2) is 14.4 Å². The Bertz CT molecular complexity index is 3340. The number of fused-ring (bicyclic) bond motifs is 1. The van der Waals surface area contributed by atoms with Crippen molar-refractivity contribution >= 4 is 76.3 Å². The molecule has 0 saturated heterocycles. The summed E-state index contributed by atoms with van der Waals surface area (Å²) in [5, 5.41) is 18.0. The Kier molecular flexibility index (Phi) is 26.9. The molecule has 0 aliphatic heterocycles. The second kappa shape index (κ2) is 35.3. The Labute approximate surface area is 514 Å². The highest BCUT2D eigenvalue weighted by Crippen LogP contribution is 2.20. The van der Waals surface area contributed by atoms with Crippen LogP contribution in [0.5, 0.6) is 0 Å². The number of para-hydroxylation sites is 1. The number of alkyl carbamates (subject to hydrolysis) is 1. The van der Waals surface area contributed by atoms with Crippen molar-refractivity contribution < 1.29 is 76.4 Å². The van der Waals surface area contributed by atoms with Gasteiger partial charge in [0.25, 0.3) is 0 Å². The van der Waals surface area contributed by atoms with Crippen LogP contribution in [0.1, 0.15) is 87.1 Å². The second-order valence-corrected chi connectivity index (χ2v) is 21.4. The van der Waals surface area contributed by atoms with Gasteiger partial charge >= 0.3 is 30.0 Å². The maximum absolute atomic E-state index is 14.0. The number of hydrogen-bond acceptors (Lipinski definition) is 16. The van der Waals surface area contributed by atoms with E-state index in [2.05, 4.69) is 42.2 Å². The summed E-state index contributed by atoms with van der Waals surface area (Å²) in [6, 6.07) is 36.9. The summed E-state index contributed by atoms with van der Waals surface area (Å²) in [5.74, 6) is -8.38. The lowest BCUT2D eigenvalue weighted by Crippen LogP contribution is -2.54. The number of aromatic nitrogens is 1. The van der Waals surface area contributed by atoms with Gasteiger partial charge in [-0.05, 0) is 73.9 Å². The Morgan fingerprint density at radius 1 is 0.416 bits per heavy atom. The van der Waals surface area contributed by atoms with Gasteiger partial charge < -0.3 is 65.9 Å². The average molecular weight is 1220 g/mol. The minimum absolute atomic E-state index is 0.0206. The molecule has 0 bridgehead atoms. The predicted molar refractivity (Wildman–Crippen MR) is 323 cm³/mol. The first kappa shape index (κ1) is 67.7. The molecule has 24 heteroatoms. The number of carbonyl (C=O) groups excluding carboxylic acids is 11. The van der Waals surface area contributed by atoms with Gasteiger partial charge in [-0.1, -0.05) is 140 Å². The third-order valence-electron chi connectivity index (χ3n) is 13.2. The number of amides is 7. The maximum atomic E-state index is 14.0. The van der Waals surface area contributed by atoms with Crippen molar-refractivity contribution in [2.45, 2.75) is 122 Å². The van der Waals surface area contributed by atoms with Crippen molar-refractivity contribution in [1.82, 2.24) is 42.2 Å². The second-order valence-electron chi connectivity index (χ2n) is 21.4. The number of hydrogen-bond donors (Lipinski definition) is 8. The van der Waals surface area contributed by atoms with Gasteiger partial charge in [0.1, 0.15) is 56.2 Å². The third kappa shape index (κ3) is 25.2. The summed E-state index contributed by atoms with van der Waals surface area (Å²) in [6.45, 7) is 2.34. The number of nitrogens with one attached hydrogen (secondary N) is 8. The van der Waals surface area contributed by atoms with Gasteiger partial charge in [0.05, 0.1) is 19.6 Å². The first-order chi connectivity index (χ1) is 42.8. The topological polar surface area (TPSA) is 334 Å². The zero-order chi connectivity index (χ0) is 64.0. The molecule has 0 unspecified atom stereocenters. The van der Waals surface area contributed by atoms with E-state index in [1.165, 1.54) is 0 Å². The molecule has 0 fully saturated rings. The maximum Gasteiger partial charge on any atom is 0.408 e. The van der Waals surface area contributed by atoms with E-state index in [0.29, 0.717) is 16.7 Å². The van der Waals surface area contributed by atoms with E-state index in [1.807, 2.05) is 24.3 Å². The molecule has 8 N–H and O–H groups in total. The molecule has 0 saturated carbocycles. The van der Waals surface area contributed by atoms with Gasteiger partial charge in [0.2, 0.25) is 35.4 Å². The molecule has 0 radical (unpaired) electrons. The summed E-state index contributed by atoms with van der Waals surface area (Å²) >= 11 is 0. The molecule has 0 aliphatic carbocycles.